The smallest absolute Gasteiger partial charge is 0.319 e. The van der Waals surface area contributed by atoms with E-state index in [0.717, 1.165) is 40.8 Å². The molecule has 0 heterocycles. The monoisotopic (exact) mass is 440 g/mol. The number of anilines is 1. The average molecular weight is 441 g/mol. The summed E-state index contributed by atoms with van der Waals surface area (Å²) in [6, 6.07) is 18.8. The summed E-state index contributed by atoms with van der Waals surface area (Å²) in [5.74, 6) is 0. The molecule has 1 atom stereocenters. The number of aliphatic hydroxyl groups is 1. The van der Waals surface area contributed by atoms with E-state index in [4.69, 9.17) is 23.2 Å². The van der Waals surface area contributed by atoms with Crippen molar-refractivity contribution in [2.75, 3.05) is 5.32 Å². The lowest BCUT2D eigenvalue weighted by Gasteiger charge is -2.23. The summed E-state index contributed by atoms with van der Waals surface area (Å²) < 4.78 is 0. The second-order valence-corrected chi connectivity index (χ2v) is 8.25. The summed E-state index contributed by atoms with van der Waals surface area (Å²) in [4.78, 5) is 12.5. The number of benzene rings is 3. The molecule has 30 heavy (non-hydrogen) atoms. The van der Waals surface area contributed by atoms with Gasteiger partial charge in [-0.2, -0.15) is 0 Å². The maximum absolute atomic E-state index is 12.5. The molecule has 4 nitrogen and oxygen atoms in total. The molecule has 0 aliphatic heterocycles. The highest BCUT2D eigenvalue weighted by atomic mass is 35.5. The number of rotatable bonds is 4. The normalized spacial score (nSPS) is 15.4. The van der Waals surface area contributed by atoms with E-state index in [9.17, 15) is 9.90 Å². The van der Waals surface area contributed by atoms with Crippen molar-refractivity contribution in [1.29, 1.82) is 0 Å². The second-order valence-electron chi connectivity index (χ2n) is 7.43. The van der Waals surface area contributed by atoms with Gasteiger partial charge in [-0.05, 0) is 59.4 Å². The molecule has 1 aliphatic carbocycles. The Morgan fingerprint density at radius 3 is 2.70 bits per heavy atom. The first-order valence-corrected chi connectivity index (χ1v) is 10.6. The Balaban J connectivity index is 1.46. The van der Waals surface area contributed by atoms with Gasteiger partial charge in [-0.15, -0.1) is 0 Å². The fourth-order valence-electron chi connectivity index (χ4n) is 3.80. The van der Waals surface area contributed by atoms with Crippen LogP contribution >= 0.6 is 23.2 Å². The molecule has 0 spiro atoms. The van der Waals surface area contributed by atoms with Gasteiger partial charge in [-0.3, -0.25) is 0 Å². The number of fused-ring (bicyclic) bond motifs is 1. The molecule has 1 unspecified atom stereocenters. The predicted molar refractivity (Wildman–Crippen MR) is 122 cm³/mol. The Labute approximate surface area is 185 Å². The van der Waals surface area contributed by atoms with E-state index in [1.54, 1.807) is 0 Å². The van der Waals surface area contributed by atoms with E-state index < -0.39 is 0 Å². The summed E-state index contributed by atoms with van der Waals surface area (Å²) >= 11 is 12.7. The molecule has 0 saturated heterocycles. The minimum Gasteiger partial charge on any atom is -0.393 e. The number of hydrogen-bond acceptors (Lipinski definition) is 2. The van der Waals surface area contributed by atoms with Crippen LogP contribution in [0.2, 0.25) is 10.0 Å². The molecule has 0 bridgehead atoms. The highest BCUT2D eigenvalue weighted by Gasteiger charge is 2.20. The van der Waals surface area contributed by atoms with Crippen LogP contribution in [0.15, 0.2) is 60.7 Å². The lowest BCUT2D eigenvalue weighted by atomic mass is 9.88. The topological polar surface area (TPSA) is 61.4 Å². The zero-order valence-corrected chi connectivity index (χ0v) is 17.8. The Kier molecular flexibility index (Phi) is 6.28. The van der Waals surface area contributed by atoms with E-state index >= 15 is 0 Å². The maximum Gasteiger partial charge on any atom is 0.319 e. The van der Waals surface area contributed by atoms with Crippen molar-refractivity contribution in [3.05, 3.63) is 87.4 Å². The molecular formula is C24H22Cl2N2O2. The first-order valence-electron chi connectivity index (χ1n) is 9.88. The number of hydrogen-bond donors (Lipinski definition) is 3. The molecule has 4 rings (SSSR count). The van der Waals surface area contributed by atoms with Crippen LogP contribution in [0.3, 0.4) is 0 Å². The highest BCUT2D eigenvalue weighted by molar-refractivity contribution is 6.33. The molecule has 0 fully saturated rings. The van der Waals surface area contributed by atoms with Crippen LogP contribution < -0.4 is 10.6 Å². The van der Waals surface area contributed by atoms with E-state index in [1.165, 1.54) is 5.56 Å². The number of carbonyl (C=O) groups excluding carboxylic acids is 1. The van der Waals surface area contributed by atoms with E-state index in [1.807, 2.05) is 60.7 Å². The minimum absolute atomic E-state index is 0.278. The van der Waals surface area contributed by atoms with Crippen LogP contribution in [-0.4, -0.2) is 17.2 Å². The number of aliphatic hydroxyl groups excluding tert-OH is 1. The van der Waals surface area contributed by atoms with E-state index in [2.05, 4.69) is 10.6 Å². The molecule has 3 N–H and O–H groups in total. The van der Waals surface area contributed by atoms with Gasteiger partial charge in [0.1, 0.15) is 0 Å². The van der Waals surface area contributed by atoms with Crippen LogP contribution in [-0.2, 0) is 19.4 Å². The molecule has 0 aromatic heterocycles. The lowest BCUT2D eigenvalue weighted by molar-refractivity contribution is 0.159. The van der Waals surface area contributed by atoms with Crippen LogP contribution in [0.5, 0.6) is 0 Å². The van der Waals surface area contributed by atoms with E-state index in [-0.39, 0.29) is 18.7 Å². The molecule has 2 amide bonds. The number of nitrogens with one attached hydrogen (secondary N) is 2. The van der Waals surface area contributed by atoms with Crippen molar-refractivity contribution >= 4 is 34.9 Å². The van der Waals surface area contributed by atoms with Crippen molar-refractivity contribution < 1.29 is 9.90 Å². The largest absolute Gasteiger partial charge is 0.393 e. The third kappa shape index (κ3) is 4.62. The van der Waals surface area contributed by atoms with Crippen LogP contribution in [0, 0.1) is 0 Å². The first-order chi connectivity index (χ1) is 14.5. The van der Waals surface area contributed by atoms with Gasteiger partial charge in [-0.25, -0.2) is 4.79 Å². The quantitative estimate of drug-likeness (QED) is 0.477. The summed E-state index contributed by atoms with van der Waals surface area (Å²) in [6.45, 7) is 0.278. The molecule has 154 valence electrons. The average Bonchev–Trinajstić information content (AvgIpc) is 2.74. The summed E-state index contributed by atoms with van der Waals surface area (Å²) in [7, 11) is 0. The third-order valence-corrected chi connectivity index (χ3v) is 6.08. The van der Waals surface area contributed by atoms with Gasteiger partial charge in [0, 0.05) is 34.3 Å². The summed E-state index contributed by atoms with van der Waals surface area (Å²) in [5, 5.41) is 17.0. The zero-order chi connectivity index (χ0) is 21.1. The molecule has 0 saturated carbocycles. The molecule has 0 radical (unpaired) electrons. The predicted octanol–water partition coefficient (Wildman–Crippen LogP) is 5.83. The van der Waals surface area contributed by atoms with E-state index in [0.29, 0.717) is 16.5 Å². The number of aryl methyl sites for hydroxylation is 1. The maximum atomic E-state index is 12.5. The fourth-order valence-corrected chi connectivity index (χ4v) is 4.23. The highest BCUT2D eigenvalue weighted by Crippen LogP contribution is 2.31. The van der Waals surface area contributed by atoms with Gasteiger partial charge in [0.2, 0.25) is 0 Å². The Morgan fingerprint density at radius 2 is 1.87 bits per heavy atom. The van der Waals surface area contributed by atoms with Gasteiger partial charge < -0.3 is 15.7 Å². The number of amides is 2. The van der Waals surface area contributed by atoms with Gasteiger partial charge in [-0.1, -0.05) is 59.6 Å². The number of urea groups is 1. The van der Waals surface area contributed by atoms with Gasteiger partial charge in [0.15, 0.2) is 0 Å². The summed E-state index contributed by atoms with van der Waals surface area (Å²) in [5.41, 5.74) is 5.57. The molecule has 6 heteroatoms. The van der Waals surface area contributed by atoms with Crippen molar-refractivity contribution in [2.24, 2.45) is 0 Å². The first kappa shape index (κ1) is 20.7. The standard InChI is InChI=1S/C24H22Cl2N2O2/c25-21-11-9-16(19-5-1-2-6-22(19)26)12-17(21)14-27-24(30)28-23-7-3-4-15-8-10-18(29)13-20(15)23/h1-7,9,11-12,18,29H,8,10,13-14H2,(H2,27,28,30). The van der Waals surface area contributed by atoms with Crippen LogP contribution in [0.4, 0.5) is 10.5 Å². The summed E-state index contributed by atoms with van der Waals surface area (Å²) in [6.07, 6.45) is 1.76. The Morgan fingerprint density at radius 1 is 1.03 bits per heavy atom. The Bertz CT molecular complexity index is 1080. The molecule has 1 aliphatic rings. The van der Waals surface area contributed by atoms with Crippen LogP contribution in [0.25, 0.3) is 11.1 Å². The number of halogens is 2. The van der Waals surface area contributed by atoms with Gasteiger partial charge >= 0.3 is 6.03 Å². The zero-order valence-electron chi connectivity index (χ0n) is 16.3. The third-order valence-electron chi connectivity index (χ3n) is 5.38. The van der Waals surface area contributed by atoms with Crippen molar-refractivity contribution in [2.45, 2.75) is 31.9 Å². The fraction of sp³-hybridized carbons (Fsp3) is 0.208. The second kappa shape index (κ2) is 9.09. The Hall–Kier alpha value is -2.53. The molecule has 3 aromatic carbocycles. The van der Waals surface area contributed by atoms with Crippen LogP contribution in [0.1, 0.15) is 23.1 Å². The molecular weight excluding hydrogens is 419 g/mol. The van der Waals surface area contributed by atoms with Gasteiger partial charge in [0.05, 0.1) is 6.10 Å². The SMILES string of the molecule is O=C(NCc1cc(-c2ccccc2Cl)ccc1Cl)Nc1cccc2c1CC(O)CC2. The lowest BCUT2D eigenvalue weighted by Crippen LogP contribution is -2.29. The number of carbonyl (C=O) groups is 1. The van der Waals surface area contributed by atoms with Crippen molar-refractivity contribution in [3.63, 3.8) is 0 Å². The van der Waals surface area contributed by atoms with Crippen molar-refractivity contribution in [3.8, 4) is 11.1 Å². The van der Waals surface area contributed by atoms with Gasteiger partial charge in [0.25, 0.3) is 0 Å². The minimum atomic E-state index is -0.366. The molecule has 3 aromatic rings. The van der Waals surface area contributed by atoms with Crippen molar-refractivity contribution in [1.82, 2.24) is 5.32 Å².